The fraction of sp³-hybridized carbons (Fsp3) is 0.417. The van der Waals surface area contributed by atoms with Gasteiger partial charge in [0.15, 0.2) is 5.75 Å². The number of nitrogens with one attached hydrogen (secondary N) is 1. The molecule has 0 bridgehead atoms. The van der Waals surface area contributed by atoms with E-state index in [0.717, 1.165) is 22.9 Å². The van der Waals surface area contributed by atoms with Gasteiger partial charge < -0.3 is 4.74 Å². The van der Waals surface area contributed by atoms with Crippen LogP contribution in [-0.4, -0.2) is 16.9 Å². The lowest BCUT2D eigenvalue weighted by Gasteiger charge is -2.17. The van der Waals surface area contributed by atoms with Crippen LogP contribution in [0.4, 0.5) is 0 Å². The first-order chi connectivity index (χ1) is 8.71. The van der Waals surface area contributed by atoms with E-state index in [0.29, 0.717) is 0 Å². The molecule has 0 saturated heterocycles. The van der Waals surface area contributed by atoms with Crippen LogP contribution >= 0.6 is 11.3 Å². The molecule has 6 heteroatoms. The van der Waals surface area contributed by atoms with Gasteiger partial charge in [0.2, 0.25) is 0 Å². The average Bonchev–Trinajstić information content (AvgIpc) is 2.97. The molecule has 0 fully saturated rings. The van der Waals surface area contributed by atoms with Gasteiger partial charge in [-0.25, -0.2) is 5.43 Å². The van der Waals surface area contributed by atoms with Crippen LogP contribution in [0, 0.1) is 6.92 Å². The number of ether oxygens (including phenoxy) is 1. The number of nitrogens with two attached hydrogens (primary N) is 1. The summed E-state index contributed by atoms with van der Waals surface area (Å²) >= 11 is 1.72. The van der Waals surface area contributed by atoms with Crippen molar-refractivity contribution in [2.24, 2.45) is 5.84 Å². The van der Waals surface area contributed by atoms with E-state index in [1.807, 2.05) is 11.6 Å². The Morgan fingerprint density at radius 2 is 2.33 bits per heavy atom. The maximum Gasteiger partial charge on any atom is 0.162 e. The third-order valence-electron chi connectivity index (χ3n) is 2.85. The zero-order valence-electron chi connectivity index (χ0n) is 10.8. The number of hydrazine groups is 1. The molecule has 1 unspecified atom stereocenters. The lowest BCUT2D eigenvalue weighted by Crippen LogP contribution is -2.30. The highest BCUT2D eigenvalue weighted by Gasteiger charge is 2.23. The molecule has 1 atom stereocenters. The number of rotatable bonds is 5. The zero-order chi connectivity index (χ0) is 13.1. The SMILES string of the molecule is CCn1ncc(OC)c1C(NN)c1ccc(C)s1. The van der Waals surface area contributed by atoms with Crippen LogP contribution < -0.4 is 16.0 Å². The molecule has 0 radical (unpaired) electrons. The van der Waals surface area contributed by atoms with Crippen LogP contribution in [0.15, 0.2) is 18.3 Å². The first kappa shape index (κ1) is 13.1. The van der Waals surface area contributed by atoms with Gasteiger partial charge in [-0.3, -0.25) is 10.5 Å². The first-order valence-electron chi connectivity index (χ1n) is 5.83. The van der Waals surface area contributed by atoms with Gasteiger partial charge in [0.1, 0.15) is 11.7 Å². The molecular weight excluding hydrogens is 248 g/mol. The van der Waals surface area contributed by atoms with Crippen LogP contribution in [-0.2, 0) is 6.54 Å². The quantitative estimate of drug-likeness (QED) is 0.640. The van der Waals surface area contributed by atoms with E-state index >= 15 is 0 Å². The number of thiophene rings is 1. The van der Waals surface area contributed by atoms with Crippen molar-refractivity contribution in [1.82, 2.24) is 15.2 Å². The van der Waals surface area contributed by atoms with E-state index in [1.54, 1.807) is 24.6 Å². The predicted molar refractivity (Wildman–Crippen MR) is 72.7 cm³/mol. The highest BCUT2D eigenvalue weighted by molar-refractivity contribution is 7.12. The Balaban J connectivity index is 2.46. The molecule has 18 heavy (non-hydrogen) atoms. The molecule has 0 aliphatic rings. The normalized spacial score (nSPS) is 12.7. The lowest BCUT2D eigenvalue weighted by molar-refractivity contribution is 0.400. The van der Waals surface area contributed by atoms with Gasteiger partial charge >= 0.3 is 0 Å². The van der Waals surface area contributed by atoms with Crippen LogP contribution in [0.3, 0.4) is 0 Å². The molecule has 2 heterocycles. The van der Waals surface area contributed by atoms with Gasteiger partial charge in [0.05, 0.1) is 13.3 Å². The van der Waals surface area contributed by atoms with E-state index in [1.165, 1.54) is 4.88 Å². The Kier molecular flexibility index (Phi) is 4.00. The second-order valence-electron chi connectivity index (χ2n) is 3.96. The molecule has 5 nitrogen and oxygen atoms in total. The van der Waals surface area contributed by atoms with Crippen molar-refractivity contribution < 1.29 is 4.74 Å². The Bertz CT molecular complexity index is 498. The molecule has 0 amide bonds. The van der Waals surface area contributed by atoms with Crippen molar-refractivity contribution in [3.05, 3.63) is 33.8 Å². The summed E-state index contributed by atoms with van der Waals surface area (Å²) in [5, 5.41) is 4.31. The summed E-state index contributed by atoms with van der Waals surface area (Å²) in [5.74, 6) is 6.47. The van der Waals surface area contributed by atoms with Gasteiger partial charge in [-0.1, -0.05) is 0 Å². The molecule has 98 valence electrons. The fourth-order valence-electron chi connectivity index (χ4n) is 1.98. The summed E-state index contributed by atoms with van der Waals surface area (Å²) in [7, 11) is 1.65. The van der Waals surface area contributed by atoms with Crippen LogP contribution in [0.25, 0.3) is 0 Å². The number of methoxy groups -OCH3 is 1. The van der Waals surface area contributed by atoms with Gasteiger partial charge in [0, 0.05) is 16.3 Å². The molecule has 0 aromatic carbocycles. The molecule has 0 aliphatic carbocycles. The van der Waals surface area contributed by atoms with Crippen molar-refractivity contribution in [2.75, 3.05) is 7.11 Å². The molecule has 3 N–H and O–H groups in total. The minimum atomic E-state index is -0.0962. The second kappa shape index (κ2) is 5.51. The summed E-state index contributed by atoms with van der Waals surface area (Å²) in [6.07, 6.45) is 1.73. The fourth-order valence-corrected chi connectivity index (χ4v) is 2.92. The standard InChI is InChI=1S/C12H18N4OS/c1-4-16-12(9(17-3)7-14-16)11(15-13)10-6-5-8(2)18-10/h5-7,11,15H,4,13H2,1-3H3. The molecule has 0 spiro atoms. The summed E-state index contributed by atoms with van der Waals surface area (Å²) < 4.78 is 7.27. The molecule has 0 saturated carbocycles. The van der Waals surface area contributed by atoms with E-state index in [4.69, 9.17) is 10.6 Å². The Labute approximate surface area is 111 Å². The number of hydrogen-bond acceptors (Lipinski definition) is 5. The molecular formula is C12H18N4OS. The van der Waals surface area contributed by atoms with Crippen molar-refractivity contribution in [1.29, 1.82) is 0 Å². The van der Waals surface area contributed by atoms with Crippen molar-refractivity contribution >= 4 is 11.3 Å². The zero-order valence-corrected chi connectivity index (χ0v) is 11.6. The van der Waals surface area contributed by atoms with Crippen LogP contribution in [0.2, 0.25) is 0 Å². The average molecular weight is 266 g/mol. The predicted octanol–water partition coefficient (Wildman–Crippen LogP) is 1.83. The summed E-state index contributed by atoms with van der Waals surface area (Å²) in [6, 6.07) is 4.07. The van der Waals surface area contributed by atoms with Crippen molar-refractivity contribution in [3.8, 4) is 5.75 Å². The molecule has 2 aromatic heterocycles. The molecule has 0 aliphatic heterocycles. The highest BCUT2D eigenvalue weighted by Crippen LogP contribution is 2.32. The molecule has 2 aromatic rings. The van der Waals surface area contributed by atoms with E-state index in [2.05, 4.69) is 29.6 Å². The number of aromatic nitrogens is 2. The monoisotopic (exact) mass is 266 g/mol. The topological polar surface area (TPSA) is 65.1 Å². The van der Waals surface area contributed by atoms with E-state index in [-0.39, 0.29) is 6.04 Å². The maximum absolute atomic E-state index is 5.71. The number of nitrogens with zero attached hydrogens (tertiary/aromatic N) is 2. The van der Waals surface area contributed by atoms with Gasteiger partial charge in [-0.05, 0) is 26.0 Å². The van der Waals surface area contributed by atoms with E-state index in [9.17, 15) is 0 Å². The smallest absolute Gasteiger partial charge is 0.162 e. The maximum atomic E-state index is 5.71. The minimum absolute atomic E-state index is 0.0962. The summed E-state index contributed by atoms with van der Waals surface area (Å²) in [6.45, 7) is 4.90. The largest absolute Gasteiger partial charge is 0.493 e. The Morgan fingerprint density at radius 1 is 1.56 bits per heavy atom. The Hall–Kier alpha value is -1.37. The van der Waals surface area contributed by atoms with E-state index < -0.39 is 0 Å². The van der Waals surface area contributed by atoms with Crippen LogP contribution in [0.5, 0.6) is 5.75 Å². The second-order valence-corrected chi connectivity index (χ2v) is 5.28. The Morgan fingerprint density at radius 3 is 2.83 bits per heavy atom. The summed E-state index contributed by atoms with van der Waals surface area (Å²) in [4.78, 5) is 2.41. The molecule has 2 rings (SSSR count). The van der Waals surface area contributed by atoms with Crippen molar-refractivity contribution in [3.63, 3.8) is 0 Å². The number of aryl methyl sites for hydroxylation is 2. The lowest BCUT2D eigenvalue weighted by atomic mass is 10.1. The van der Waals surface area contributed by atoms with Gasteiger partial charge in [0.25, 0.3) is 0 Å². The summed E-state index contributed by atoms with van der Waals surface area (Å²) in [5.41, 5.74) is 3.82. The third kappa shape index (κ3) is 2.27. The van der Waals surface area contributed by atoms with Crippen LogP contribution in [0.1, 0.15) is 28.4 Å². The third-order valence-corrected chi connectivity index (χ3v) is 3.92. The van der Waals surface area contributed by atoms with Gasteiger partial charge in [-0.2, -0.15) is 5.10 Å². The highest BCUT2D eigenvalue weighted by atomic mass is 32.1. The van der Waals surface area contributed by atoms with Crippen molar-refractivity contribution in [2.45, 2.75) is 26.4 Å². The number of hydrogen-bond donors (Lipinski definition) is 2. The minimum Gasteiger partial charge on any atom is -0.493 e. The first-order valence-corrected chi connectivity index (χ1v) is 6.65. The van der Waals surface area contributed by atoms with Gasteiger partial charge in [-0.15, -0.1) is 11.3 Å².